The van der Waals surface area contributed by atoms with E-state index >= 15 is 0 Å². The second-order valence-electron chi connectivity index (χ2n) is 5.23. The molecule has 6 nitrogen and oxygen atoms in total. The molecule has 2 N–H and O–H groups in total. The van der Waals surface area contributed by atoms with Crippen molar-refractivity contribution in [2.45, 2.75) is 6.10 Å². The van der Waals surface area contributed by atoms with Crippen LogP contribution in [0.2, 0.25) is 0 Å². The van der Waals surface area contributed by atoms with Gasteiger partial charge in [0.05, 0.1) is 6.61 Å². The van der Waals surface area contributed by atoms with Gasteiger partial charge in [-0.2, -0.15) is 0 Å². The molecule has 0 radical (unpaired) electrons. The van der Waals surface area contributed by atoms with E-state index in [9.17, 15) is 4.79 Å². The molecule has 2 rings (SSSR count). The quantitative estimate of drug-likeness (QED) is 0.802. The number of ether oxygens (including phenoxy) is 2. The maximum Gasteiger partial charge on any atom is 0.254 e. The minimum absolute atomic E-state index is 0.122. The van der Waals surface area contributed by atoms with Gasteiger partial charge in [0.25, 0.3) is 5.91 Å². The molecule has 1 aliphatic heterocycles. The Balaban J connectivity index is 1.80. The van der Waals surface area contributed by atoms with Crippen LogP contribution < -0.4 is 15.4 Å². The number of amides is 1. The Hall–Kier alpha value is -1.63. The lowest BCUT2D eigenvalue weighted by Crippen LogP contribution is -2.45. The Morgan fingerprint density at radius 2 is 2.19 bits per heavy atom. The Morgan fingerprint density at radius 3 is 2.81 bits per heavy atom. The van der Waals surface area contributed by atoms with Crippen molar-refractivity contribution in [1.82, 2.24) is 10.2 Å². The minimum Gasteiger partial charge on any atom is -0.492 e. The molecule has 1 aromatic rings. The lowest BCUT2D eigenvalue weighted by molar-refractivity contribution is -0.128. The zero-order valence-electron chi connectivity index (χ0n) is 12.6. The van der Waals surface area contributed by atoms with Gasteiger partial charge in [-0.05, 0) is 38.4 Å². The summed E-state index contributed by atoms with van der Waals surface area (Å²) in [7, 11) is 4.01. The van der Waals surface area contributed by atoms with Crippen LogP contribution >= 0.6 is 0 Å². The average Bonchev–Trinajstić information content (AvgIpc) is 2.49. The topological polar surface area (TPSA) is 62.8 Å². The first-order valence-electron chi connectivity index (χ1n) is 7.16. The van der Waals surface area contributed by atoms with Crippen LogP contribution in [0.15, 0.2) is 24.3 Å². The number of rotatable bonds is 6. The molecule has 1 fully saturated rings. The second-order valence-corrected chi connectivity index (χ2v) is 5.23. The number of carbonyl (C=O) groups excluding carboxylic acids is 1. The molecule has 1 amide bonds. The van der Waals surface area contributed by atoms with E-state index in [1.165, 1.54) is 0 Å². The summed E-state index contributed by atoms with van der Waals surface area (Å²) in [5, 5.41) is 5.98. The fourth-order valence-corrected chi connectivity index (χ4v) is 1.94. The van der Waals surface area contributed by atoms with Crippen LogP contribution in [-0.2, 0) is 9.53 Å². The lowest BCUT2D eigenvalue weighted by atomic mass is 10.2. The van der Waals surface area contributed by atoms with Crippen molar-refractivity contribution >= 4 is 11.6 Å². The Labute approximate surface area is 125 Å². The number of morpholine rings is 1. The van der Waals surface area contributed by atoms with Gasteiger partial charge in [0.1, 0.15) is 18.5 Å². The first-order chi connectivity index (χ1) is 10.1. The third-order valence-corrected chi connectivity index (χ3v) is 3.15. The zero-order valence-corrected chi connectivity index (χ0v) is 12.6. The molecule has 1 heterocycles. The number of likely N-dealkylation sites (N-methyl/N-ethyl adjacent to an activating group) is 1. The first-order valence-corrected chi connectivity index (χ1v) is 7.16. The highest BCUT2D eigenvalue weighted by molar-refractivity contribution is 5.94. The average molecular weight is 293 g/mol. The largest absolute Gasteiger partial charge is 0.492 e. The van der Waals surface area contributed by atoms with E-state index in [1.54, 1.807) is 0 Å². The van der Waals surface area contributed by atoms with Gasteiger partial charge in [-0.3, -0.25) is 4.79 Å². The third kappa shape index (κ3) is 5.34. The van der Waals surface area contributed by atoms with Crippen molar-refractivity contribution in [2.24, 2.45) is 0 Å². The van der Waals surface area contributed by atoms with Crippen LogP contribution in [0.1, 0.15) is 0 Å². The van der Waals surface area contributed by atoms with E-state index < -0.39 is 6.10 Å². The van der Waals surface area contributed by atoms with E-state index in [0.29, 0.717) is 19.8 Å². The van der Waals surface area contributed by atoms with Crippen molar-refractivity contribution in [3.63, 3.8) is 0 Å². The number of carbonyl (C=O) groups is 1. The van der Waals surface area contributed by atoms with Gasteiger partial charge in [-0.1, -0.05) is 0 Å². The van der Waals surface area contributed by atoms with Gasteiger partial charge in [0.2, 0.25) is 0 Å². The number of hydrogen-bond donors (Lipinski definition) is 2. The van der Waals surface area contributed by atoms with Crippen molar-refractivity contribution in [3.8, 4) is 5.75 Å². The third-order valence-electron chi connectivity index (χ3n) is 3.15. The highest BCUT2D eigenvalue weighted by Gasteiger charge is 2.21. The lowest BCUT2D eigenvalue weighted by Gasteiger charge is -2.22. The summed E-state index contributed by atoms with van der Waals surface area (Å²) in [4.78, 5) is 14.0. The molecule has 1 unspecified atom stereocenters. The Morgan fingerprint density at radius 1 is 1.43 bits per heavy atom. The van der Waals surface area contributed by atoms with Crippen molar-refractivity contribution in [1.29, 1.82) is 0 Å². The predicted octanol–water partition coefficient (Wildman–Crippen LogP) is 0.554. The summed E-state index contributed by atoms with van der Waals surface area (Å²) >= 11 is 0. The molecule has 116 valence electrons. The van der Waals surface area contributed by atoms with E-state index in [0.717, 1.165) is 24.5 Å². The van der Waals surface area contributed by atoms with Crippen molar-refractivity contribution in [2.75, 3.05) is 52.3 Å². The maximum atomic E-state index is 12.0. The molecule has 1 aromatic carbocycles. The molecule has 1 atom stereocenters. The summed E-state index contributed by atoms with van der Waals surface area (Å²) in [6.45, 7) is 3.42. The molecular weight excluding hydrogens is 270 g/mol. The van der Waals surface area contributed by atoms with Gasteiger partial charge in [-0.15, -0.1) is 0 Å². The molecule has 1 saturated heterocycles. The smallest absolute Gasteiger partial charge is 0.254 e. The molecule has 0 aliphatic carbocycles. The van der Waals surface area contributed by atoms with Crippen LogP contribution in [0.4, 0.5) is 5.69 Å². The highest BCUT2D eigenvalue weighted by Crippen LogP contribution is 2.16. The minimum atomic E-state index is -0.422. The molecule has 0 spiro atoms. The summed E-state index contributed by atoms with van der Waals surface area (Å²) in [6.07, 6.45) is -0.422. The van der Waals surface area contributed by atoms with E-state index in [1.807, 2.05) is 38.4 Å². The van der Waals surface area contributed by atoms with Crippen LogP contribution in [0, 0.1) is 0 Å². The predicted molar refractivity (Wildman–Crippen MR) is 81.7 cm³/mol. The van der Waals surface area contributed by atoms with Crippen molar-refractivity contribution in [3.05, 3.63) is 24.3 Å². The SMILES string of the molecule is CN(C)CCOc1ccc(NC(=O)C2CNCCO2)cc1. The van der Waals surface area contributed by atoms with Crippen LogP contribution in [-0.4, -0.2) is 63.9 Å². The molecule has 0 aromatic heterocycles. The van der Waals surface area contributed by atoms with Gasteiger partial charge in [0.15, 0.2) is 0 Å². The summed E-state index contributed by atoms with van der Waals surface area (Å²) < 4.78 is 11.0. The molecule has 0 bridgehead atoms. The summed E-state index contributed by atoms with van der Waals surface area (Å²) in [5.41, 5.74) is 0.745. The van der Waals surface area contributed by atoms with Crippen LogP contribution in [0.25, 0.3) is 0 Å². The number of hydrogen-bond acceptors (Lipinski definition) is 5. The molecule has 21 heavy (non-hydrogen) atoms. The summed E-state index contributed by atoms with van der Waals surface area (Å²) in [6, 6.07) is 7.37. The van der Waals surface area contributed by atoms with E-state index in [4.69, 9.17) is 9.47 Å². The Bertz CT molecular complexity index is 442. The molecule has 6 heteroatoms. The molecule has 0 saturated carbocycles. The second kappa shape index (κ2) is 7.97. The van der Waals surface area contributed by atoms with Crippen LogP contribution in [0.3, 0.4) is 0 Å². The Kier molecular flexibility index (Phi) is 5.98. The van der Waals surface area contributed by atoms with Gasteiger partial charge >= 0.3 is 0 Å². The fourth-order valence-electron chi connectivity index (χ4n) is 1.94. The number of nitrogens with zero attached hydrogens (tertiary/aromatic N) is 1. The number of benzene rings is 1. The normalized spacial score (nSPS) is 18.5. The maximum absolute atomic E-state index is 12.0. The van der Waals surface area contributed by atoms with Gasteiger partial charge in [0, 0.05) is 25.3 Å². The fraction of sp³-hybridized carbons (Fsp3) is 0.533. The van der Waals surface area contributed by atoms with Gasteiger partial charge < -0.3 is 25.0 Å². The summed E-state index contributed by atoms with van der Waals surface area (Å²) in [5.74, 6) is 0.675. The van der Waals surface area contributed by atoms with Gasteiger partial charge in [-0.25, -0.2) is 0 Å². The first kappa shape index (κ1) is 15.8. The standard InChI is InChI=1S/C15H23N3O3/c1-18(2)8-10-20-13-5-3-12(4-6-13)17-15(19)14-11-16-7-9-21-14/h3-6,14,16H,7-11H2,1-2H3,(H,17,19). The van der Waals surface area contributed by atoms with Crippen LogP contribution in [0.5, 0.6) is 5.75 Å². The van der Waals surface area contributed by atoms with E-state index in [-0.39, 0.29) is 5.91 Å². The molecule has 1 aliphatic rings. The highest BCUT2D eigenvalue weighted by atomic mass is 16.5. The number of nitrogens with one attached hydrogen (secondary N) is 2. The van der Waals surface area contributed by atoms with E-state index in [2.05, 4.69) is 15.5 Å². The monoisotopic (exact) mass is 293 g/mol. The van der Waals surface area contributed by atoms with Crippen molar-refractivity contribution < 1.29 is 14.3 Å². The molecular formula is C15H23N3O3. The zero-order chi connectivity index (χ0) is 15.1. The number of anilines is 1.